The molecular formula is H5AlMgNiVZn. The van der Waals surface area contributed by atoms with Crippen LogP contribution in [0.5, 0.6) is 0 Å². The first-order chi connectivity index (χ1) is 0. The summed E-state index contributed by atoms with van der Waals surface area (Å²) in [5, 5.41) is 0. The molecule has 27 valence electrons. The van der Waals surface area contributed by atoms with Gasteiger partial charge in [0.1, 0.15) is 0 Å². The van der Waals surface area contributed by atoms with Gasteiger partial charge in [0.05, 0.1) is 0 Å². The average molecular weight is 231 g/mol. The SMILES string of the molecule is [AlH3].[H-].[H-].[Mg+2].[Ni].[V].[Zn]. The van der Waals surface area contributed by atoms with Crippen molar-refractivity contribution >= 4 is 40.4 Å². The second-order valence-electron chi connectivity index (χ2n) is 0. The first kappa shape index (κ1) is 43.6. The third-order valence-corrected chi connectivity index (χ3v) is 0. The van der Waals surface area contributed by atoms with Gasteiger partial charge >= 0.3 is 23.1 Å². The molecule has 0 aliphatic heterocycles. The van der Waals surface area contributed by atoms with Crippen molar-refractivity contribution in [1.82, 2.24) is 0 Å². The van der Waals surface area contributed by atoms with Crippen LogP contribution in [0.4, 0.5) is 0 Å². The maximum atomic E-state index is 0. The van der Waals surface area contributed by atoms with Gasteiger partial charge in [-0.3, -0.25) is 0 Å². The molecule has 1 radical (unpaired) electrons. The number of hydrogen-bond acceptors (Lipinski definition) is 0. The third-order valence-electron chi connectivity index (χ3n) is 0. The number of rotatable bonds is 0. The zero-order chi connectivity index (χ0) is 0. The predicted octanol–water partition coefficient (Wildman–Crippen LogP) is -1.35. The van der Waals surface area contributed by atoms with Crippen molar-refractivity contribution in [2.45, 2.75) is 0 Å². The molecule has 0 nitrogen and oxygen atoms in total. The first-order valence-electron chi connectivity index (χ1n) is 0. The summed E-state index contributed by atoms with van der Waals surface area (Å²) in [6.07, 6.45) is 0. The molecule has 0 atom stereocenters. The van der Waals surface area contributed by atoms with E-state index in [1.54, 1.807) is 0 Å². The van der Waals surface area contributed by atoms with Gasteiger partial charge in [-0.15, -0.1) is 0 Å². The van der Waals surface area contributed by atoms with Gasteiger partial charge < -0.3 is 2.85 Å². The molecule has 0 aromatic rings. The van der Waals surface area contributed by atoms with Crippen LogP contribution in [0, 0.1) is 0 Å². The van der Waals surface area contributed by atoms with E-state index in [4.69, 9.17) is 0 Å². The zero-order valence-corrected chi connectivity index (χ0v) is 8.94. The Kier molecular flexibility index (Phi) is 244. The van der Waals surface area contributed by atoms with Gasteiger partial charge in [0.15, 0.2) is 17.4 Å². The molecule has 0 rings (SSSR count). The Morgan fingerprint density at radius 3 is 1.20 bits per heavy atom. The van der Waals surface area contributed by atoms with Crippen molar-refractivity contribution in [1.29, 1.82) is 0 Å². The normalized spacial score (nSPS) is 0. The Bertz CT molecular complexity index is 17.7. The first-order valence-corrected chi connectivity index (χ1v) is 0. The zero-order valence-electron chi connectivity index (χ0n) is 4.18. The fourth-order valence-electron chi connectivity index (χ4n) is 0. The Balaban J connectivity index is 0. The summed E-state index contributed by atoms with van der Waals surface area (Å²) in [6.45, 7) is 0. The summed E-state index contributed by atoms with van der Waals surface area (Å²) in [7, 11) is 0. The van der Waals surface area contributed by atoms with Crippen LogP contribution in [0.1, 0.15) is 2.85 Å². The van der Waals surface area contributed by atoms with Crippen LogP contribution in [-0.4, -0.2) is 40.4 Å². The molecular weight excluding hydrogens is 226 g/mol. The van der Waals surface area contributed by atoms with Gasteiger partial charge in [0, 0.05) is 54.5 Å². The Labute approximate surface area is 96.4 Å². The van der Waals surface area contributed by atoms with Crippen LogP contribution < -0.4 is 0 Å². The van der Waals surface area contributed by atoms with Gasteiger partial charge in [-0.1, -0.05) is 0 Å². The van der Waals surface area contributed by atoms with Gasteiger partial charge in [-0.2, -0.15) is 0 Å². The van der Waals surface area contributed by atoms with Crippen molar-refractivity contribution in [3.05, 3.63) is 0 Å². The summed E-state index contributed by atoms with van der Waals surface area (Å²) in [5.74, 6) is 0. The third kappa shape index (κ3) is 19.4. The average Bonchev–Trinajstić information content (AvgIpc) is 0. The van der Waals surface area contributed by atoms with E-state index in [1.165, 1.54) is 0 Å². The van der Waals surface area contributed by atoms with E-state index in [2.05, 4.69) is 0 Å². The molecule has 0 heterocycles. The van der Waals surface area contributed by atoms with Crippen LogP contribution in [0.2, 0.25) is 0 Å². The van der Waals surface area contributed by atoms with E-state index < -0.39 is 0 Å². The Morgan fingerprint density at radius 2 is 1.20 bits per heavy atom. The second-order valence-corrected chi connectivity index (χ2v) is 0. The molecule has 0 saturated carbocycles. The summed E-state index contributed by atoms with van der Waals surface area (Å²) in [4.78, 5) is 0. The van der Waals surface area contributed by atoms with Crippen molar-refractivity contribution in [2.24, 2.45) is 0 Å². The maximum absolute atomic E-state index is 0. The maximum Gasteiger partial charge on any atom is 2.00 e. The van der Waals surface area contributed by atoms with Gasteiger partial charge in [0.2, 0.25) is 0 Å². The van der Waals surface area contributed by atoms with E-state index >= 15 is 0 Å². The largest absolute Gasteiger partial charge is 2.00 e. The Hall–Kier alpha value is 3.00. The summed E-state index contributed by atoms with van der Waals surface area (Å²) in [6, 6.07) is 0. The molecule has 0 aromatic heterocycles. The van der Waals surface area contributed by atoms with Crippen LogP contribution in [0.15, 0.2) is 0 Å². The van der Waals surface area contributed by atoms with Crippen molar-refractivity contribution < 1.29 is 57.4 Å². The number of hydrogen-bond donors (Lipinski definition) is 0. The van der Waals surface area contributed by atoms with Crippen LogP contribution in [0.3, 0.4) is 0 Å². The van der Waals surface area contributed by atoms with Crippen LogP contribution >= 0.6 is 0 Å². The van der Waals surface area contributed by atoms with Crippen LogP contribution in [0.25, 0.3) is 0 Å². The smallest absolute Gasteiger partial charge is 1.00 e. The quantitative estimate of drug-likeness (QED) is 0.452. The molecule has 0 aliphatic rings. The fourth-order valence-corrected chi connectivity index (χ4v) is 0. The predicted molar refractivity (Wildman–Crippen MR) is 17.9 cm³/mol. The minimum Gasteiger partial charge on any atom is -1.00 e. The van der Waals surface area contributed by atoms with E-state index in [0.717, 1.165) is 0 Å². The van der Waals surface area contributed by atoms with E-state index in [9.17, 15) is 0 Å². The fraction of sp³-hybridized carbons (Fsp3) is 0. The van der Waals surface area contributed by atoms with Crippen molar-refractivity contribution in [3.63, 3.8) is 0 Å². The molecule has 0 fully saturated rings. The molecule has 5 heteroatoms. The van der Waals surface area contributed by atoms with Crippen molar-refractivity contribution in [2.75, 3.05) is 0 Å². The molecule has 0 aromatic carbocycles. The second kappa shape index (κ2) is 28.0. The van der Waals surface area contributed by atoms with E-state index in [-0.39, 0.29) is 97.8 Å². The van der Waals surface area contributed by atoms with E-state index in [0.29, 0.717) is 0 Å². The topological polar surface area (TPSA) is 0 Å². The standard InChI is InChI=1S/Al.Mg.Ni.V.Zn.5H/q;+2;;;;;;;2*-1. The van der Waals surface area contributed by atoms with Crippen molar-refractivity contribution in [3.8, 4) is 0 Å². The summed E-state index contributed by atoms with van der Waals surface area (Å²) >= 11 is 0. The monoisotopic (exact) mass is 229 g/mol. The van der Waals surface area contributed by atoms with E-state index in [1.807, 2.05) is 0 Å². The molecule has 0 saturated heterocycles. The minimum atomic E-state index is 0. The molecule has 0 amide bonds. The molecule has 0 unspecified atom stereocenters. The summed E-state index contributed by atoms with van der Waals surface area (Å²) in [5.41, 5.74) is 0. The summed E-state index contributed by atoms with van der Waals surface area (Å²) < 4.78 is 0. The molecule has 0 bridgehead atoms. The Morgan fingerprint density at radius 1 is 1.20 bits per heavy atom. The van der Waals surface area contributed by atoms with Crippen LogP contribution in [-0.2, 0) is 54.5 Å². The molecule has 0 aliphatic carbocycles. The van der Waals surface area contributed by atoms with Gasteiger partial charge in [-0.25, -0.2) is 0 Å². The minimum absolute atomic E-state index is 0. The van der Waals surface area contributed by atoms with Gasteiger partial charge in [-0.05, 0) is 0 Å². The molecule has 0 N–H and O–H groups in total. The van der Waals surface area contributed by atoms with Gasteiger partial charge in [0.25, 0.3) is 0 Å². The molecule has 0 spiro atoms. The molecule has 5 heavy (non-hydrogen) atoms.